The van der Waals surface area contributed by atoms with E-state index in [1.807, 2.05) is 11.0 Å². The van der Waals surface area contributed by atoms with Gasteiger partial charge in [-0.15, -0.1) is 5.10 Å². The maximum atomic E-state index is 14.7. The maximum absolute atomic E-state index is 14.7. The van der Waals surface area contributed by atoms with Crippen molar-refractivity contribution in [2.75, 3.05) is 49.6 Å². The first-order valence-corrected chi connectivity index (χ1v) is 12.0. The Bertz CT molecular complexity index is 1250. The quantitative estimate of drug-likeness (QED) is 0.549. The van der Waals surface area contributed by atoms with E-state index in [2.05, 4.69) is 25.4 Å². The lowest BCUT2D eigenvalue weighted by Gasteiger charge is -2.37. The van der Waals surface area contributed by atoms with E-state index in [4.69, 9.17) is 4.74 Å². The number of fused-ring (bicyclic) bond motifs is 1. The lowest BCUT2D eigenvalue weighted by molar-refractivity contribution is -0.135. The van der Waals surface area contributed by atoms with Crippen molar-refractivity contribution in [2.45, 2.75) is 25.8 Å². The maximum Gasteiger partial charge on any atom is 0.266 e. The number of halogens is 3. The number of benzene rings is 1. The molecule has 2 aromatic heterocycles. The summed E-state index contributed by atoms with van der Waals surface area (Å²) in [4.78, 5) is 21.2. The number of rotatable bonds is 6. The first-order valence-electron chi connectivity index (χ1n) is 12.0. The monoisotopic (exact) mass is 500 g/mol. The molecule has 1 unspecified atom stereocenters. The minimum Gasteiger partial charge on any atom is -0.381 e. The molecule has 0 saturated carbocycles. The molecule has 2 aliphatic heterocycles. The van der Waals surface area contributed by atoms with Gasteiger partial charge in [-0.1, -0.05) is 18.2 Å². The molecule has 2 saturated heterocycles. The van der Waals surface area contributed by atoms with Gasteiger partial charge in [-0.05, 0) is 19.4 Å². The zero-order valence-corrected chi connectivity index (χ0v) is 19.8. The van der Waals surface area contributed by atoms with Crippen LogP contribution in [-0.4, -0.2) is 65.4 Å². The van der Waals surface area contributed by atoms with E-state index in [1.54, 1.807) is 13.1 Å². The first kappa shape index (κ1) is 24.2. The lowest BCUT2D eigenvalue weighted by Crippen LogP contribution is -2.50. The van der Waals surface area contributed by atoms with Gasteiger partial charge < -0.3 is 19.9 Å². The predicted octanol–water partition coefficient (Wildman–Crippen LogP) is 3.96. The molecule has 11 heteroatoms. The van der Waals surface area contributed by atoms with Crippen LogP contribution in [0, 0.1) is 11.7 Å². The number of pyridine rings is 1. The summed E-state index contributed by atoms with van der Waals surface area (Å²) in [6, 6.07) is 5.32. The number of alkyl halides is 2. The number of nitrogens with one attached hydrogen (secondary N) is 1. The number of hydrogen-bond acceptors (Lipinski definition) is 7. The number of anilines is 2. The Kier molecular flexibility index (Phi) is 6.90. The van der Waals surface area contributed by atoms with Gasteiger partial charge in [0.15, 0.2) is 5.65 Å². The summed E-state index contributed by atoms with van der Waals surface area (Å²) in [6.45, 7) is 5.39. The van der Waals surface area contributed by atoms with Crippen LogP contribution in [0.3, 0.4) is 0 Å². The van der Waals surface area contributed by atoms with E-state index in [-0.39, 0.29) is 17.4 Å². The molecule has 1 aromatic carbocycles. The minimum absolute atomic E-state index is 0.0423. The Labute approximate surface area is 206 Å². The van der Waals surface area contributed by atoms with Crippen LogP contribution in [0.15, 0.2) is 36.7 Å². The van der Waals surface area contributed by atoms with Gasteiger partial charge in [0.25, 0.3) is 6.43 Å². The molecule has 2 aliphatic rings. The van der Waals surface area contributed by atoms with Gasteiger partial charge in [0.2, 0.25) is 5.91 Å². The van der Waals surface area contributed by atoms with Crippen LogP contribution in [0.2, 0.25) is 0 Å². The molecule has 2 atom stereocenters. The molecule has 0 aliphatic carbocycles. The average molecular weight is 501 g/mol. The van der Waals surface area contributed by atoms with Crippen molar-refractivity contribution in [1.82, 2.24) is 20.1 Å². The van der Waals surface area contributed by atoms with Crippen molar-refractivity contribution in [2.24, 2.45) is 5.92 Å². The largest absolute Gasteiger partial charge is 0.381 e. The highest BCUT2D eigenvalue weighted by Gasteiger charge is 2.30. The van der Waals surface area contributed by atoms with Crippen LogP contribution in [-0.2, 0) is 9.53 Å². The number of aromatic nitrogens is 3. The zero-order chi connectivity index (χ0) is 25.2. The van der Waals surface area contributed by atoms with E-state index in [0.29, 0.717) is 56.1 Å². The molecule has 0 bridgehead atoms. The molecule has 8 nitrogen and oxygen atoms in total. The van der Waals surface area contributed by atoms with Gasteiger partial charge in [0.05, 0.1) is 47.9 Å². The number of nitrogens with zero attached hydrogens (tertiary/aromatic N) is 5. The molecule has 1 amide bonds. The van der Waals surface area contributed by atoms with Crippen LogP contribution in [0.5, 0.6) is 0 Å². The van der Waals surface area contributed by atoms with Crippen molar-refractivity contribution in [3.05, 3.63) is 53.6 Å². The molecule has 2 fully saturated rings. The van der Waals surface area contributed by atoms with Gasteiger partial charge in [0.1, 0.15) is 5.82 Å². The molecule has 4 heterocycles. The number of carbonyl (C=O) groups excluding carboxylic acids is 1. The summed E-state index contributed by atoms with van der Waals surface area (Å²) in [5, 5.41) is 11.9. The summed E-state index contributed by atoms with van der Waals surface area (Å²) in [6.07, 6.45) is 1.12. The van der Waals surface area contributed by atoms with Gasteiger partial charge in [-0.3, -0.25) is 4.79 Å². The standard InChI is InChI=1S/C25H27F3N6O2/c1-15(18-3-2-4-19(22(18)26)23(27)28)31-21-13-30-32-24-20(21)11-17(12-29-24)33-6-8-34(9-7-33)25(35)16-5-10-36-14-16/h2-4,11-13,15-16,23H,5-10,14H2,1H3,(H,29,31,32)/t15-,16?/m1/s1. The molecule has 0 radical (unpaired) electrons. The lowest BCUT2D eigenvalue weighted by atomic mass is 10.0. The summed E-state index contributed by atoms with van der Waals surface area (Å²) < 4.78 is 46.3. The number of hydrogen-bond donors (Lipinski definition) is 1. The molecule has 1 N–H and O–H groups in total. The summed E-state index contributed by atoms with van der Waals surface area (Å²) >= 11 is 0. The number of carbonyl (C=O) groups is 1. The third kappa shape index (κ3) is 4.79. The molecule has 3 aromatic rings. The topological polar surface area (TPSA) is 83.5 Å². The minimum atomic E-state index is -2.89. The zero-order valence-electron chi connectivity index (χ0n) is 19.8. The fourth-order valence-corrected chi connectivity index (χ4v) is 4.78. The van der Waals surface area contributed by atoms with E-state index in [0.717, 1.165) is 18.2 Å². The predicted molar refractivity (Wildman–Crippen MR) is 128 cm³/mol. The molecule has 190 valence electrons. The first-order chi connectivity index (χ1) is 17.4. The number of amides is 1. The highest BCUT2D eigenvalue weighted by Crippen LogP contribution is 2.31. The average Bonchev–Trinajstić information content (AvgIpc) is 3.43. The Morgan fingerprint density at radius 1 is 1.17 bits per heavy atom. The molecular weight excluding hydrogens is 473 g/mol. The van der Waals surface area contributed by atoms with Crippen LogP contribution in [0.4, 0.5) is 24.5 Å². The Morgan fingerprint density at radius 3 is 2.67 bits per heavy atom. The SMILES string of the molecule is C[C@@H](Nc1cnnc2ncc(N3CCN(C(=O)C4CCOC4)CC3)cc12)c1cccc(C(F)F)c1F. The summed E-state index contributed by atoms with van der Waals surface area (Å²) in [7, 11) is 0. The Hall–Kier alpha value is -3.47. The van der Waals surface area contributed by atoms with Crippen LogP contribution in [0.25, 0.3) is 11.0 Å². The van der Waals surface area contributed by atoms with Gasteiger partial charge in [0, 0.05) is 43.7 Å². The molecule has 0 spiro atoms. The smallest absolute Gasteiger partial charge is 0.266 e. The van der Waals surface area contributed by atoms with Crippen molar-refractivity contribution in [3.8, 4) is 0 Å². The second-order valence-corrected chi connectivity index (χ2v) is 9.11. The van der Waals surface area contributed by atoms with E-state index >= 15 is 0 Å². The highest BCUT2D eigenvalue weighted by atomic mass is 19.3. The van der Waals surface area contributed by atoms with Crippen LogP contribution >= 0.6 is 0 Å². The number of piperazine rings is 1. The van der Waals surface area contributed by atoms with Crippen LogP contribution < -0.4 is 10.2 Å². The number of ether oxygens (including phenoxy) is 1. The fraction of sp³-hybridized carbons (Fsp3) is 0.440. The van der Waals surface area contributed by atoms with Crippen molar-refractivity contribution in [1.29, 1.82) is 0 Å². The molecule has 5 rings (SSSR count). The van der Waals surface area contributed by atoms with Crippen LogP contribution in [0.1, 0.15) is 36.9 Å². The van der Waals surface area contributed by atoms with Crippen molar-refractivity contribution < 1.29 is 22.7 Å². The van der Waals surface area contributed by atoms with Crippen molar-refractivity contribution >= 4 is 28.3 Å². The van der Waals surface area contributed by atoms with Gasteiger partial charge in [-0.25, -0.2) is 18.2 Å². The third-order valence-corrected chi connectivity index (χ3v) is 6.85. The van der Waals surface area contributed by atoms with E-state index in [9.17, 15) is 18.0 Å². The second-order valence-electron chi connectivity index (χ2n) is 9.11. The van der Waals surface area contributed by atoms with E-state index < -0.39 is 23.8 Å². The second kappa shape index (κ2) is 10.3. The normalized spacial score (nSPS) is 19.2. The third-order valence-electron chi connectivity index (χ3n) is 6.85. The van der Waals surface area contributed by atoms with Crippen molar-refractivity contribution in [3.63, 3.8) is 0 Å². The highest BCUT2D eigenvalue weighted by molar-refractivity contribution is 5.90. The summed E-state index contributed by atoms with van der Waals surface area (Å²) in [5.74, 6) is -0.809. The Morgan fingerprint density at radius 2 is 1.94 bits per heavy atom. The molecule has 36 heavy (non-hydrogen) atoms. The summed E-state index contributed by atoms with van der Waals surface area (Å²) in [5.41, 5.74) is 1.36. The van der Waals surface area contributed by atoms with E-state index in [1.165, 1.54) is 18.3 Å². The Balaban J connectivity index is 1.33. The fourth-order valence-electron chi connectivity index (χ4n) is 4.78. The molecular formula is C25H27F3N6O2. The van der Waals surface area contributed by atoms with Gasteiger partial charge >= 0.3 is 0 Å². The van der Waals surface area contributed by atoms with Gasteiger partial charge in [-0.2, -0.15) is 5.10 Å².